The highest BCUT2D eigenvalue weighted by Crippen LogP contribution is 2.47. The first kappa shape index (κ1) is 14.9. The molecule has 0 spiro atoms. The van der Waals surface area contributed by atoms with Crippen LogP contribution in [0.15, 0.2) is 18.2 Å². The molecule has 1 heterocycles. The molecule has 0 saturated heterocycles. The number of hydrogen-bond donors (Lipinski definition) is 1. The second-order valence-corrected chi connectivity index (χ2v) is 8.19. The van der Waals surface area contributed by atoms with E-state index in [1.807, 2.05) is 6.07 Å². The summed E-state index contributed by atoms with van der Waals surface area (Å²) in [5, 5.41) is 10.9. The molecule has 2 atom stereocenters. The second-order valence-electron chi connectivity index (χ2n) is 8.19. The van der Waals surface area contributed by atoms with E-state index in [9.17, 15) is 5.11 Å². The lowest BCUT2D eigenvalue weighted by atomic mass is 9.65. The van der Waals surface area contributed by atoms with Crippen molar-refractivity contribution in [2.45, 2.75) is 71.5 Å². The van der Waals surface area contributed by atoms with Gasteiger partial charge in [-0.25, -0.2) is 0 Å². The average molecular weight is 288 g/mol. The zero-order valence-electron chi connectivity index (χ0n) is 13.8. The SMILES string of the molecule is CC1(C)Cc2cc(C(O)C3CCCCC3(C)C)ccc2O1. The average Bonchev–Trinajstić information content (AvgIpc) is 2.70. The summed E-state index contributed by atoms with van der Waals surface area (Å²) in [6.07, 6.45) is 5.46. The molecule has 1 aliphatic carbocycles. The van der Waals surface area contributed by atoms with Crippen molar-refractivity contribution in [3.8, 4) is 5.75 Å². The van der Waals surface area contributed by atoms with Gasteiger partial charge >= 0.3 is 0 Å². The summed E-state index contributed by atoms with van der Waals surface area (Å²) in [4.78, 5) is 0. The fourth-order valence-electron chi connectivity index (χ4n) is 4.15. The maximum atomic E-state index is 10.9. The Balaban J connectivity index is 1.85. The Morgan fingerprint density at radius 1 is 1.19 bits per heavy atom. The minimum absolute atomic E-state index is 0.115. The summed E-state index contributed by atoms with van der Waals surface area (Å²) >= 11 is 0. The molecule has 0 amide bonds. The fourth-order valence-corrected chi connectivity index (χ4v) is 4.15. The smallest absolute Gasteiger partial charge is 0.123 e. The molecule has 21 heavy (non-hydrogen) atoms. The first-order valence-corrected chi connectivity index (χ1v) is 8.28. The highest BCUT2D eigenvalue weighted by Gasteiger charge is 2.38. The Kier molecular flexibility index (Phi) is 3.56. The number of ether oxygens (including phenoxy) is 1. The van der Waals surface area contributed by atoms with E-state index in [1.54, 1.807) is 0 Å². The van der Waals surface area contributed by atoms with Gasteiger partial charge in [-0.2, -0.15) is 0 Å². The van der Waals surface area contributed by atoms with Crippen molar-refractivity contribution in [1.29, 1.82) is 0 Å². The van der Waals surface area contributed by atoms with Gasteiger partial charge in [0.15, 0.2) is 0 Å². The van der Waals surface area contributed by atoms with Gasteiger partial charge in [-0.15, -0.1) is 0 Å². The van der Waals surface area contributed by atoms with Crippen molar-refractivity contribution >= 4 is 0 Å². The summed E-state index contributed by atoms with van der Waals surface area (Å²) in [6, 6.07) is 6.26. The maximum Gasteiger partial charge on any atom is 0.123 e. The summed E-state index contributed by atoms with van der Waals surface area (Å²) in [5.41, 5.74) is 2.42. The van der Waals surface area contributed by atoms with E-state index in [0.717, 1.165) is 24.2 Å². The molecule has 3 rings (SSSR count). The predicted octanol–water partition coefficient (Wildman–Crippen LogP) is 4.65. The molecule has 2 aliphatic rings. The van der Waals surface area contributed by atoms with Gasteiger partial charge in [0.2, 0.25) is 0 Å². The van der Waals surface area contributed by atoms with Gasteiger partial charge in [-0.05, 0) is 61.3 Å². The Morgan fingerprint density at radius 3 is 2.67 bits per heavy atom. The van der Waals surface area contributed by atoms with Crippen molar-refractivity contribution in [2.24, 2.45) is 11.3 Å². The van der Waals surface area contributed by atoms with E-state index in [-0.39, 0.29) is 17.1 Å². The molecule has 0 bridgehead atoms. The number of benzene rings is 1. The van der Waals surface area contributed by atoms with Crippen LogP contribution in [0.2, 0.25) is 0 Å². The standard InChI is InChI=1S/C19H28O2/c1-18(2)10-6-5-7-15(18)17(20)13-8-9-16-14(11-13)12-19(3,4)21-16/h8-9,11,15,17,20H,5-7,10,12H2,1-4H3. The molecule has 1 saturated carbocycles. The van der Waals surface area contributed by atoms with Gasteiger partial charge in [0.25, 0.3) is 0 Å². The van der Waals surface area contributed by atoms with Gasteiger partial charge < -0.3 is 9.84 Å². The van der Waals surface area contributed by atoms with Crippen LogP contribution in [0.1, 0.15) is 70.6 Å². The van der Waals surface area contributed by atoms with Gasteiger partial charge in [0.1, 0.15) is 11.4 Å². The predicted molar refractivity (Wildman–Crippen MR) is 85.6 cm³/mol. The number of aliphatic hydroxyl groups excluding tert-OH is 1. The molecule has 1 aliphatic heterocycles. The molecule has 1 aromatic rings. The van der Waals surface area contributed by atoms with Crippen LogP contribution in [0, 0.1) is 11.3 Å². The van der Waals surface area contributed by atoms with E-state index >= 15 is 0 Å². The van der Waals surface area contributed by atoms with E-state index in [2.05, 4.69) is 39.8 Å². The van der Waals surface area contributed by atoms with Crippen LogP contribution in [-0.4, -0.2) is 10.7 Å². The lowest BCUT2D eigenvalue weighted by Gasteiger charge is -2.41. The van der Waals surface area contributed by atoms with E-state index in [4.69, 9.17) is 4.74 Å². The Labute approximate surface area is 128 Å². The minimum Gasteiger partial charge on any atom is -0.487 e. The van der Waals surface area contributed by atoms with Crippen molar-refractivity contribution in [2.75, 3.05) is 0 Å². The maximum absolute atomic E-state index is 10.9. The molecule has 0 aromatic heterocycles. The molecule has 0 radical (unpaired) electrons. The van der Waals surface area contributed by atoms with Crippen LogP contribution < -0.4 is 4.74 Å². The molecule has 2 unspecified atom stereocenters. The van der Waals surface area contributed by atoms with Crippen molar-refractivity contribution in [3.63, 3.8) is 0 Å². The fraction of sp³-hybridized carbons (Fsp3) is 0.684. The van der Waals surface area contributed by atoms with Gasteiger partial charge in [-0.1, -0.05) is 32.8 Å². The third-order valence-electron chi connectivity index (χ3n) is 5.40. The molecular weight excluding hydrogens is 260 g/mol. The molecule has 2 nitrogen and oxygen atoms in total. The molecule has 2 heteroatoms. The van der Waals surface area contributed by atoms with Gasteiger partial charge in [-0.3, -0.25) is 0 Å². The van der Waals surface area contributed by atoms with E-state index in [1.165, 1.54) is 24.8 Å². The lowest BCUT2D eigenvalue weighted by Crippen LogP contribution is -2.32. The quantitative estimate of drug-likeness (QED) is 0.858. The summed E-state index contributed by atoms with van der Waals surface area (Å²) in [5.74, 6) is 1.35. The molecule has 1 aromatic carbocycles. The number of aliphatic hydroxyl groups is 1. The van der Waals surface area contributed by atoms with E-state index < -0.39 is 0 Å². The van der Waals surface area contributed by atoms with Crippen LogP contribution in [0.25, 0.3) is 0 Å². The summed E-state index contributed by atoms with van der Waals surface area (Å²) in [6.45, 7) is 8.85. The molecular formula is C19H28O2. The van der Waals surface area contributed by atoms with Crippen LogP contribution in [-0.2, 0) is 6.42 Å². The first-order chi connectivity index (χ1) is 9.78. The Morgan fingerprint density at radius 2 is 1.95 bits per heavy atom. The topological polar surface area (TPSA) is 29.5 Å². The molecule has 1 N–H and O–H groups in total. The summed E-state index contributed by atoms with van der Waals surface area (Å²) in [7, 11) is 0. The zero-order chi connectivity index (χ0) is 15.3. The third kappa shape index (κ3) is 2.83. The Hall–Kier alpha value is -1.02. The van der Waals surface area contributed by atoms with Crippen molar-refractivity contribution in [3.05, 3.63) is 29.3 Å². The molecule has 1 fully saturated rings. The summed E-state index contributed by atoms with van der Waals surface area (Å²) < 4.78 is 5.93. The molecule has 116 valence electrons. The number of rotatable bonds is 2. The highest BCUT2D eigenvalue weighted by molar-refractivity contribution is 5.42. The van der Waals surface area contributed by atoms with Crippen molar-refractivity contribution in [1.82, 2.24) is 0 Å². The van der Waals surface area contributed by atoms with Crippen LogP contribution >= 0.6 is 0 Å². The highest BCUT2D eigenvalue weighted by atomic mass is 16.5. The monoisotopic (exact) mass is 288 g/mol. The second kappa shape index (κ2) is 5.01. The van der Waals surface area contributed by atoms with Gasteiger partial charge in [0, 0.05) is 6.42 Å². The van der Waals surface area contributed by atoms with Gasteiger partial charge in [0.05, 0.1) is 6.10 Å². The van der Waals surface area contributed by atoms with E-state index in [0.29, 0.717) is 5.92 Å². The number of hydrogen-bond acceptors (Lipinski definition) is 2. The third-order valence-corrected chi connectivity index (χ3v) is 5.40. The lowest BCUT2D eigenvalue weighted by molar-refractivity contribution is 0.00382. The van der Waals surface area contributed by atoms with Crippen LogP contribution in [0.5, 0.6) is 5.75 Å². The first-order valence-electron chi connectivity index (χ1n) is 8.28. The Bertz CT molecular complexity index is 530. The zero-order valence-corrected chi connectivity index (χ0v) is 13.8. The van der Waals surface area contributed by atoms with Crippen LogP contribution in [0.4, 0.5) is 0 Å². The minimum atomic E-state index is -0.352. The normalized spacial score (nSPS) is 27.8. The largest absolute Gasteiger partial charge is 0.487 e. The van der Waals surface area contributed by atoms with Crippen molar-refractivity contribution < 1.29 is 9.84 Å². The number of fused-ring (bicyclic) bond motifs is 1. The van der Waals surface area contributed by atoms with Crippen LogP contribution in [0.3, 0.4) is 0 Å².